The summed E-state index contributed by atoms with van der Waals surface area (Å²) in [7, 11) is 2.08. The number of aliphatic hydroxyl groups is 1. The highest BCUT2D eigenvalue weighted by Crippen LogP contribution is 2.16. The zero-order valence-electron chi connectivity index (χ0n) is 10.2. The van der Waals surface area contributed by atoms with Crippen LogP contribution in [0.2, 0.25) is 0 Å². The Morgan fingerprint density at radius 2 is 2.25 bits per heavy atom. The quantitative estimate of drug-likeness (QED) is 0.621. The first-order valence-electron chi connectivity index (χ1n) is 5.70. The molecule has 0 bridgehead atoms. The molecule has 3 atom stereocenters. The van der Waals surface area contributed by atoms with Gasteiger partial charge in [-0.2, -0.15) is 0 Å². The van der Waals surface area contributed by atoms with E-state index in [1.165, 1.54) is 6.92 Å². The summed E-state index contributed by atoms with van der Waals surface area (Å²) in [6.07, 6.45) is 0.993. The lowest BCUT2D eigenvalue weighted by Crippen LogP contribution is -2.53. The number of hydrogen-bond donors (Lipinski definition) is 3. The molecule has 1 saturated heterocycles. The molecule has 16 heavy (non-hydrogen) atoms. The molecule has 94 valence electrons. The first-order chi connectivity index (χ1) is 7.33. The first-order valence-corrected chi connectivity index (χ1v) is 5.70. The van der Waals surface area contributed by atoms with E-state index in [2.05, 4.69) is 24.2 Å². The van der Waals surface area contributed by atoms with Gasteiger partial charge in [-0.25, -0.2) is 4.79 Å². The Balaban J connectivity index is 2.41. The van der Waals surface area contributed by atoms with E-state index < -0.39 is 11.6 Å². The lowest BCUT2D eigenvalue weighted by Gasteiger charge is -2.36. The van der Waals surface area contributed by atoms with Crippen molar-refractivity contribution >= 4 is 5.97 Å². The van der Waals surface area contributed by atoms with Crippen LogP contribution in [0, 0.1) is 5.92 Å². The predicted octanol–water partition coefficient (Wildman–Crippen LogP) is -0.248. The zero-order valence-corrected chi connectivity index (χ0v) is 10.2. The fraction of sp³-hybridized carbons (Fsp3) is 0.909. The van der Waals surface area contributed by atoms with Crippen LogP contribution in [0.15, 0.2) is 0 Å². The highest BCUT2D eigenvalue weighted by molar-refractivity contribution is 5.76. The van der Waals surface area contributed by atoms with E-state index in [4.69, 9.17) is 5.11 Å². The van der Waals surface area contributed by atoms with Crippen LogP contribution in [0.3, 0.4) is 0 Å². The van der Waals surface area contributed by atoms with Crippen LogP contribution in [0.1, 0.15) is 20.3 Å². The molecule has 1 fully saturated rings. The Hall–Kier alpha value is -0.650. The Labute approximate surface area is 96.4 Å². The topological polar surface area (TPSA) is 72.8 Å². The minimum Gasteiger partial charge on any atom is -0.479 e. The van der Waals surface area contributed by atoms with Crippen molar-refractivity contribution in [2.45, 2.75) is 31.9 Å². The summed E-state index contributed by atoms with van der Waals surface area (Å²) < 4.78 is 0. The summed E-state index contributed by atoms with van der Waals surface area (Å²) >= 11 is 0. The van der Waals surface area contributed by atoms with Gasteiger partial charge < -0.3 is 20.4 Å². The minimum atomic E-state index is -1.68. The normalized spacial score (nSPS) is 31.0. The van der Waals surface area contributed by atoms with Gasteiger partial charge in [0.2, 0.25) is 0 Å². The predicted molar refractivity (Wildman–Crippen MR) is 61.3 cm³/mol. The van der Waals surface area contributed by atoms with Crippen molar-refractivity contribution in [3.8, 4) is 0 Å². The third-order valence-electron chi connectivity index (χ3n) is 3.28. The van der Waals surface area contributed by atoms with Crippen molar-refractivity contribution in [3.05, 3.63) is 0 Å². The SMILES string of the molecule is CC1CN(C)CCC1NCC(C)(O)C(=O)O. The summed E-state index contributed by atoms with van der Waals surface area (Å²) in [6, 6.07) is 0.294. The molecule has 0 aromatic rings. The van der Waals surface area contributed by atoms with Crippen LogP contribution in [-0.4, -0.2) is 59.4 Å². The Bertz CT molecular complexity index is 256. The average Bonchev–Trinajstić information content (AvgIpc) is 2.16. The standard InChI is InChI=1S/C11H22N2O3/c1-8-6-13(3)5-4-9(8)12-7-11(2,16)10(14)15/h8-9,12,16H,4-7H2,1-3H3,(H,14,15). The van der Waals surface area contributed by atoms with Crippen LogP contribution < -0.4 is 5.32 Å². The molecule has 3 N–H and O–H groups in total. The van der Waals surface area contributed by atoms with Crippen LogP contribution >= 0.6 is 0 Å². The second-order valence-corrected chi connectivity index (χ2v) is 5.09. The van der Waals surface area contributed by atoms with Crippen LogP contribution in [0.25, 0.3) is 0 Å². The Morgan fingerprint density at radius 3 is 2.75 bits per heavy atom. The van der Waals surface area contributed by atoms with Crippen molar-refractivity contribution in [1.82, 2.24) is 10.2 Å². The van der Waals surface area contributed by atoms with Gasteiger partial charge in [0.05, 0.1) is 0 Å². The number of nitrogens with zero attached hydrogens (tertiary/aromatic N) is 1. The van der Waals surface area contributed by atoms with Crippen LogP contribution in [-0.2, 0) is 4.79 Å². The van der Waals surface area contributed by atoms with E-state index in [-0.39, 0.29) is 6.54 Å². The van der Waals surface area contributed by atoms with E-state index >= 15 is 0 Å². The second kappa shape index (κ2) is 5.12. The molecule has 0 aromatic carbocycles. The molecule has 1 aliphatic rings. The third-order valence-corrected chi connectivity index (χ3v) is 3.28. The molecule has 0 amide bonds. The summed E-state index contributed by atoms with van der Waals surface area (Å²) in [5, 5.41) is 21.5. The van der Waals surface area contributed by atoms with Gasteiger partial charge >= 0.3 is 5.97 Å². The molecule has 5 heteroatoms. The molecule has 0 aliphatic carbocycles. The van der Waals surface area contributed by atoms with Gasteiger partial charge in [-0.1, -0.05) is 6.92 Å². The van der Waals surface area contributed by atoms with Crippen molar-refractivity contribution < 1.29 is 15.0 Å². The fourth-order valence-electron chi connectivity index (χ4n) is 2.06. The van der Waals surface area contributed by atoms with Crippen molar-refractivity contribution in [2.75, 3.05) is 26.7 Å². The van der Waals surface area contributed by atoms with Crippen molar-refractivity contribution in [2.24, 2.45) is 5.92 Å². The number of carboxylic acids is 1. The number of nitrogens with one attached hydrogen (secondary N) is 1. The number of carboxylic acid groups (broad SMARTS) is 1. The third kappa shape index (κ3) is 3.43. The largest absolute Gasteiger partial charge is 0.479 e. The maximum atomic E-state index is 10.7. The van der Waals surface area contributed by atoms with Gasteiger partial charge in [0, 0.05) is 19.1 Å². The van der Waals surface area contributed by atoms with Crippen molar-refractivity contribution in [3.63, 3.8) is 0 Å². The lowest BCUT2D eigenvalue weighted by atomic mass is 9.93. The molecule has 5 nitrogen and oxygen atoms in total. The molecule has 0 saturated carbocycles. The summed E-state index contributed by atoms with van der Waals surface area (Å²) in [4.78, 5) is 13.0. The molecule has 0 aromatic heterocycles. The van der Waals surface area contributed by atoms with E-state index in [0.29, 0.717) is 12.0 Å². The molecule has 3 unspecified atom stereocenters. The smallest absolute Gasteiger partial charge is 0.336 e. The summed E-state index contributed by atoms with van der Waals surface area (Å²) in [5.74, 6) is -0.705. The van der Waals surface area contributed by atoms with Gasteiger partial charge in [0.1, 0.15) is 0 Å². The maximum Gasteiger partial charge on any atom is 0.336 e. The number of aliphatic carboxylic acids is 1. The number of carbonyl (C=O) groups is 1. The van der Waals surface area contributed by atoms with E-state index in [9.17, 15) is 9.90 Å². The highest BCUT2D eigenvalue weighted by Gasteiger charge is 2.32. The van der Waals surface area contributed by atoms with Crippen LogP contribution in [0.5, 0.6) is 0 Å². The van der Waals surface area contributed by atoms with Gasteiger partial charge in [-0.3, -0.25) is 0 Å². The Kier molecular flexibility index (Phi) is 4.29. The monoisotopic (exact) mass is 230 g/mol. The van der Waals surface area contributed by atoms with E-state index in [1.807, 2.05) is 0 Å². The number of hydrogen-bond acceptors (Lipinski definition) is 4. The zero-order chi connectivity index (χ0) is 12.3. The van der Waals surface area contributed by atoms with E-state index in [0.717, 1.165) is 19.5 Å². The molecule has 0 spiro atoms. The average molecular weight is 230 g/mol. The summed E-state index contributed by atoms with van der Waals surface area (Å²) in [5.41, 5.74) is -1.68. The Morgan fingerprint density at radius 1 is 1.62 bits per heavy atom. The lowest BCUT2D eigenvalue weighted by molar-refractivity contribution is -0.156. The molecule has 1 rings (SSSR count). The summed E-state index contributed by atoms with van der Waals surface area (Å²) in [6.45, 7) is 5.58. The fourth-order valence-corrected chi connectivity index (χ4v) is 2.06. The van der Waals surface area contributed by atoms with Gasteiger partial charge in [0.15, 0.2) is 5.60 Å². The van der Waals surface area contributed by atoms with Gasteiger partial charge in [0.25, 0.3) is 0 Å². The van der Waals surface area contributed by atoms with Gasteiger partial charge in [-0.05, 0) is 32.9 Å². The number of rotatable bonds is 4. The molecule has 1 aliphatic heterocycles. The molecule has 1 heterocycles. The molecular weight excluding hydrogens is 208 g/mol. The number of likely N-dealkylation sites (tertiary alicyclic amines) is 1. The first kappa shape index (κ1) is 13.4. The molecule has 0 radical (unpaired) electrons. The highest BCUT2D eigenvalue weighted by atomic mass is 16.4. The van der Waals surface area contributed by atoms with E-state index in [1.54, 1.807) is 0 Å². The second-order valence-electron chi connectivity index (χ2n) is 5.09. The minimum absolute atomic E-state index is 0.0983. The van der Waals surface area contributed by atoms with Gasteiger partial charge in [-0.15, -0.1) is 0 Å². The number of piperidine rings is 1. The maximum absolute atomic E-state index is 10.7. The molecular formula is C11H22N2O3. The van der Waals surface area contributed by atoms with Crippen LogP contribution in [0.4, 0.5) is 0 Å². The van der Waals surface area contributed by atoms with Crippen molar-refractivity contribution in [1.29, 1.82) is 0 Å².